The molecule has 2 atom stereocenters. The van der Waals surface area contributed by atoms with E-state index in [0.717, 1.165) is 4.48 Å². The third kappa shape index (κ3) is 6.02. The number of hydrogen-bond donors (Lipinski definition) is 1. The third-order valence-electron chi connectivity index (χ3n) is 2.10. The maximum absolute atomic E-state index is 8.94. The highest BCUT2D eigenvalue weighted by Crippen LogP contribution is 2.10. The Kier molecular flexibility index (Phi) is 6.50. The van der Waals surface area contributed by atoms with Crippen LogP contribution in [0.2, 0.25) is 0 Å². The topological polar surface area (TPSA) is 47.9 Å². The van der Waals surface area contributed by atoms with Crippen LogP contribution in [0.25, 0.3) is 0 Å². The van der Waals surface area contributed by atoms with Gasteiger partial charge in [0.1, 0.15) is 24.6 Å². The monoisotopic (exact) mass is 304 g/mol. The fraction of sp³-hybridized carbons (Fsp3) is 0.500. The number of aliphatic hydroxyl groups excluding tert-OH is 1. The summed E-state index contributed by atoms with van der Waals surface area (Å²) in [4.78, 5) is 0. The predicted octanol–water partition coefficient (Wildman–Crippen LogP) is 1.76. The van der Waals surface area contributed by atoms with E-state index in [9.17, 15) is 0 Å². The Morgan fingerprint density at radius 1 is 1.35 bits per heavy atom. The van der Waals surface area contributed by atoms with Gasteiger partial charge in [0.15, 0.2) is 0 Å². The molecule has 0 amide bonds. The Hall–Kier alpha value is -0.620. The van der Waals surface area contributed by atoms with Crippen molar-refractivity contribution in [2.45, 2.75) is 12.2 Å². The molecule has 0 radical (unpaired) electrons. The molecular formula is C12H17BrO4. The highest BCUT2D eigenvalue weighted by Gasteiger charge is 2.22. The summed E-state index contributed by atoms with van der Waals surface area (Å²) in [7, 11) is 0. The molecule has 1 saturated heterocycles. The van der Waals surface area contributed by atoms with Crippen LogP contribution in [0.5, 0.6) is 0 Å². The van der Waals surface area contributed by atoms with Crippen molar-refractivity contribution < 1.29 is 19.3 Å². The van der Waals surface area contributed by atoms with Crippen LogP contribution >= 0.6 is 15.9 Å². The number of rotatable bonds is 6. The minimum atomic E-state index is -0.261. The Morgan fingerprint density at radius 2 is 2.06 bits per heavy atom. The first kappa shape index (κ1) is 14.4. The standard InChI is InChI=1S/C12H17BrO4/c1-9(13)3-4-10(2)16-8-12-7-15-6-11(5-14)17-12/h3-4,11-12,14H,1-2,5-8H2/b4-3-. The lowest BCUT2D eigenvalue weighted by atomic mass is 10.3. The lowest BCUT2D eigenvalue weighted by Gasteiger charge is -2.28. The number of ether oxygens (including phenoxy) is 3. The highest BCUT2D eigenvalue weighted by molar-refractivity contribution is 9.11. The summed E-state index contributed by atoms with van der Waals surface area (Å²) in [5.41, 5.74) is 0. The van der Waals surface area contributed by atoms with Gasteiger partial charge in [0, 0.05) is 4.48 Å². The van der Waals surface area contributed by atoms with E-state index in [1.807, 2.05) is 0 Å². The smallest absolute Gasteiger partial charge is 0.117 e. The van der Waals surface area contributed by atoms with Crippen LogP contribution in [0, 0.1) is 0 Å². The summed E-state index contributed by atoms with van der Waals surface area (Å²) in [6.07, 6.45) is 3.03. The second-order valence-corrected chi connectivity index (χ2v) is 4.68. The van der Waals surface area contributed by atoms with Crippen LogP contribution in [0.3, 0.4) is 0 Å². The van der Waals surface area contributed by atoms with Crippen molar-refractivity contribution in [3.8, 4) is 0 Å². The van der Waals surface area contributed by atoms with Gasteiger partial charge in [-0.1, -0.05) is 29.1 Å². The molecule has 1 aliphatic heterocycles. The molecule has 4 nitrogen and oxygen atoms in total. The molecule has 0 aromatic carbocycles. The molecule has 1 aliphatic rings. The summed E-state index contributed by atoms with van der Waals surface area (Å²) in [6, 6.07) is 0. The molecule has 0 aromatic rings. The third-order valence-corrected chi connectivity index (χ3v) is 2.37. The molecule has 5 heteroatoms. The Labute approximate surface area is 110 Å². The maximum atomic E-state index is 8.94. The van der Waals surface area contributed by atoms with Gasteiger partial charge >= 0.3 is 0 Å². The fourth-order valence-electron chi connectivity index (χ4n) is 1.30. The Bertz CT molecular complexity index is 301. The number of halogens is 1. The van der Waals surface area contributed by atoms with Gasteiger partial charge in [-0.05, 0) is 12.2 Å². The van der Waals surface area contributed by atoms with Gasteiger partial charge in [-0.2, -0.15) is 0 Å². The zero-order chi connectivity index (χ0) is 12.7. The average molecular weight is 305 g/mol. The first-order valence-electron chi connectivity index (χ1n) is 5.30. The normalized spacial score (nSPS) is 24.8. The SMILES string of the molecule is C=C(Br)/C=C\C(=C)OCC1COCC(CO)O1. The second-order valence-electron chi connectivity index (χ2n) is 3.66. The first-order valence-corrected chi connectivity index (χ1v) is 6.09. The van der Waals surface area contributed by atoms with E-state index in [1.54, 1.807) is 12.2 Å². The number of allylic oxidation sites excluding steroid dienone is 3. The molecule has 0 aliphatic carbocycles. The fourth-order valence-corrected chi connectivity index (χ4v) is 1.43. The maximum Gasteiger partial charge on any atom is 0.117 e. The predicted molar refractivity (Wildman–Crippen MR) is 68.9 cm³/mol. The van der Waals surface area contributed by atoms with Gasteiger partial charge < -0.3 is 19.3 Å². The summed E-state index contributed by atoms with van der Waals surface area (Å²) < 4.78 is 16.9. The highest BCUT2D eigenvalue weighted by atomic mass is 79.9. The van der Waals surface area contributed by atoms with E-state index in [2.05, 4.69) is 29.1 Å². The molecule has 1 N–H and O–H groups in total. The molecular weight excluding hydrogens is 288 g/mol. The van der Waals surface area contributed by atoms with E-state index in [1.165, 1.54) is 0 Å². The van der Waals surface area contributed by atoms with E-state index >= 15 is 0 Å². The van der Waals surface area contributed by atoms with Gasteiger partial charge in [0.05, 0.1) is 19.8 Å². The summed E-state index contributed by atoms with van der Waals surface area (Å²) >= 11 is 3.20. The first-order chi connectivity index (χ1) is 8.11. The van der Waals surface area contributed by atoms with E-state index in [0.29, 0.717) is 25.6 Å². The Balaban J connectivity index is 2.25. The molecule has 0 spiro atoms. The minimum Gasteiger partial charge on any atom is -0.491 e. The molecule has 17 heavy (non-hydrogen) atoms. The zero-order valence-corrected chi connectivity index (χ0v) is 11.2. The van der Waals surface area contributed by atoms with Crippen molar-refractivity contribution >= 4 is 15.9 Å². The lowest BCUT2D eigenvalue weighted by molar-refractivity contribution is -0.163. The van der Waals surface area contributed by atoms with Crippen molar-refractivity contribution in [3.63, 3.8) is 0 Å². The van der Waals surface area contributed by atoms with Crippen LogP contribution in [0.1, 0.15) is 0 Å². The molecule has 96 valence electrons. The minimum absolute atomic E-state index is 0.0409. The van der Waals surface area contributed by atoms with Crippen LogP contribution in [0.4, 0.5) is 0 Å². The van der Waals surface area contributed by atoms with Crippen molar-refractivity contribution in [3.05, 3.63) is 35.6 Å². The molecule has 2 unspecified atom stereocenters. The summed E-state index contributed by atoms with van der Waals surface area (Å²) in [5, 5.41) is 8.94. The van der Waals surface area contributed by atoms with Gasteiger partial charge in [-0.25, -0.2) is 0 Å². The van der Waals surface area contributed by atoms with Crippen LogP contribution in [-0.2, 0) is 14.2 Å². The molecule has 1 rings (SSSR count). The lowest BCUT2D eigenvalue weighted by Crippen LogP contribution is -2.40. The molecule has 0 aromatic heterocycles. The quantitative estimate of drug-likeness (QED) is 0.600. The van der Waals surface area contributed by atoms with Crippen molar-refractivity contribution in [2.75, 3.05) is 26.4 Å². The van der Waals surface area contributed by atoms with Gasteiger partial charge in [0.2, 0.25) is 0 Å². The average Bonchev–Trinajstić information content (AvgIpc) is 2.34. The van der Waals surface area contributed by atoms with Gasteiger partial charge in [-0.15, -0.1) is 0 Å². The molecule has 1 heterocycles. The van der Waals surface area contributed by atoms with Crippen LogP contribution < -0.4 is 0 Å². The second kappa shape index (κ2) is 7.66. The van der Waals surface area contributed by atoms with E-state index < -0.39 is 0 Å². The van der Waals surface area contributed by atoms with Crippen molar-refractivity contribution in [1.82, 2.24) is 0 Å². The zero-order valence-electron chi connectivity index (χ0n) is 9.60. The number of aliphatic hydroxyl groups is 1. The van der Waals surface area contributed by atoms with E-state index in [-0.39, 0.29) is 18.8 Å². The van der Waals surface area contributed by atoms with Crippen LogP contribution in [0.15, 0.2) is 35.6 Å². The summed E-state index contributed by atoms with van der Waals surface area (Å²) in [6.45, 7) is 8.61. The van der Waals surface area contributed by atoms with Gasteiger partial charge in [-0.3, -0.25) is 0 Å². The number of hydrogen-bond acceptors (Lipinski definition) is 4. The molecule has 0 bridgehead atoms. The molecule has 0 saturated carbocycles. The summed E-state index contributed by atoms with van der Waals surface area (Å²) in [5.74, 6) is 0.528. The molecule has 1 fully saturated rings. The van der Waals surface area contributed by atoms with Gasteiger partial charge in [0.25, 0.3) is 0 Å². The van der Waals surface area contributed by atoms with Crippen LogP contribution in [-0.4, -0.2) is 43.7 Å². The Morgan fingerprint density at radius 3 is 2.71 bits per heavy atom. The van der Waals surface area contributed by atoms with E-state index in [4.69, 9.17) is 19.3 Å². The van der Waals surface area contributed by atoms with Crippen molar-refractivity contribution in [1.29, 1.82) is 0 Å². The largest absolute Gasteiger partial charge is 0.491 e. The van der Waals surface area contributed by atoms with Crippen molar-refractivity contribution in [2.24, 2.45) is 0 Å².